The fraction of sp³-hybridized carbons (Fsp3) is 0.133. The highest BCUT2D eigenvalue weighted by Gasteiger charge is 2.30. The predicted octanol–water partition coefficient (Wildman–Crippen LogP) is 5.48. The zero-order valence-electron chi connectivity index (χ0n) is 10.8. The number of aryl methyl sites for hydroxylation is 1. The monoisotopic (exact) mass is 311 g/mol. The molecule has 0 unspecified atom stereocenters. The first-order valence-electron chi connectivity index (χ1n) is 6.09. The maximum atomic E-state index is 12.5. The molecule has 0 aliphatic carbocycles. The minimum absolute atomic E-state index is 0.242. The van der Waals surface area contributed by atoms with E-state index in [4.69, 9.17) is 16.0 Å². The van der Waals surface area contributed by atoms with Crippen LogP contribution in [0.25, 0.3) is 22.6 Å². The van der Waals surface area contributed by atoms with Crippen molar-refractivity contribution >= 4 is 22.7 Å². The Morgan fingerprint density at radius 2 is 1.76 bits per heavy atom. The number of hydrogen-bond acceptors (Lipinski definition) is 2. The quantitative estimate of drug-likeness (QED) is 0.595. The third-order valence-corrected chi connectivity index (χ3v) is 3.34. The highest BCUT2D eigenvalue weighted by molar-refractivity contribution is 6.35. The van der Waals surface area contributed by atoms with E-state index in [0.29, 0.717) is 21.7 Å². The van der Waals surface area contributed by atoms with Crippen molar-refractivity contribution in [2.24, 2.45) is 0 Å². The van der Waals surface area contributed by atoms with Crippen molar-refractivity contribution in [2.75, 3.05) is 0 Å². The summed E-state index contributed by atoms with van der Waals surface area (Å²) in [6.45, 7) is 1.87. The van der Waals surface area contributed by atoms with Gasteiger partial charge in [0, 0.05) is 5.56 Å². The molecule has 0 spiro atoms. The van der Waals surface area contributed by atoms with Gasteiger partial charge in [-0.15, -0.1) is 0 Å². The van der Waals surface area contributed by atoms with Gasteiger partial charge in [-0.3, -0.25) is 0 Å². The van der Waals surface area contributed by atoms with Crippen LogP contribution in [0.15, 0.2) is 40.8 Å². The summed E-state index contributed by atoms with van der Waals surface area (Å²) in [7, 11) is 0. The normalized spacial score (nSPS) is 12.0. The molecule has 0 fully saturated rings. The fourth-order valence-corrected chi connectivity index (χ4v) is 2.35. The summed E-state index contributed by atoms with van der Waals surface area (Å²) >= 11 is 6.08. The molecule has 0 aliphatic heterocycles. The molecule has 0 amide bonds. The highest BCUT2D eigenvalue weighted by atomic mass is 35.5. The number of halogens is 4. The summed E-state index contributed by atoms with van der Waals surface area (Å²) in [6, 6.07) is 8.18. The molecule has 3 rings (SSSR count). The Balaban J connectivity index is 2.06. The number of alkyl halides is 3. The van der Waals surface area contributed by atoms with Gasteiger partial charge in [0.1, 0.15) is 5.52 Å². The van der Waals surface area contributed by atoms with Gasteiger partial charge in [0.2, 0.25) is 5.89 Å². The summed E-state index contributed by atoms with van der Waals surface area (Å²) < 4.78 is 43.2. The average molecular weight is 312 g/mol. The third kappa shape index (κ3) is 2.61. The number of aromatic nitrogens is 1. The molecule has 1 heterocycles. The molecule has 21 heavy (non-hydrogen) atoms. The third-order valence-electron chi connectivity index (χ3n) is 3.05. The van der Waals surface area contributed by atoms with E-state index in [-0.39, 0.29) is 5.89 Å². The van der Waals surface area contributed by atoms with E-state index in [2.05, 4.69) is 4.98 Å². The first kappa shape index (κ1) is 13.9. The van der Waals surface area contributed by atoms with Gasteiger partial charge in [-0.1, -0.05) is 11.6 Å². The molecule has 0 atom stereocenters. The summed E-state index contributed by atoms with van der Waals surface area (Å²) in [5, 5.41) is 0.451. The number of rotatable bonds is 1. The van der Waals surface area contributed by atoms with E-state index in [0.717, 1.165) is 17.7 Å². The molecule has 6 heteroatoms. The molecule has 0 radical (unpaired) electrons. The van der Waals surface area contributed by atoms with Crippen LogP contribution in [0.2, 0.25) is 5.02 Å². The second kappa shape index (κ2) is 4.77. The smallest absolute Gasteiger partial charge is 0.416 e. The molecule has 2 nitrogen and oxygen atoms in total. The van der Waals surface area contributed by atoms with Crippen LogP contribution in [0, 0.1) is 6.92 Å². The Labute approximate surface area is 123 Å². The van der Waals surface area contributed by atoms with Gasteiger partial charge in [-0.05, 0) is 48.9 Å². The summed E-state index contributed by atoms with van der Waals surface area (Å²) in [6.07, 6.45) is -4.36. The molecule has 1 aromatic heterocycles. The van der Waals surface area contributed by atoms with Crippen LogP contribution in [-0.2, 0) is 6.18 Å². The van der Waals surface area contributed by atoms with E-state index >= 15 is 0 Å². The molecule has 0 saturated heterocycles. The number of fused-ring (bicyclic) bond motifs is 1. The van der Waals surface area contributed by atoms with Gasteiger partial charge < -0.3 is 4.42 Å². The van der Waals surface area contributed by atoms with Crippen molar-refractivity contribution in [2.45, 2.75) is 13.1 Å². The van der Waals surface area contributed by atoms with Gasteiger partial charge in [-0.25, -0.2) is 4.98 Å². The van der Waals surface area contributed by atoms with Gasteiger partial charge in [0.25, 0.3) is 0 Å². The van der Waals surface area contributed by atoms with Gasteiger partial charge in [0.05, 0.1) is 10.6 Å². The first-order chi connectivity index (χ1) is 9.84. The topological polar surface area (TPSA) is 26.0 Å². The Kier molecular flexibility index (Phi) is 3.17. The fourth-order valence-electron chi connectivity index (χ4n) is 2.04. The zero-order valence-corrected chi connectivity index (χ0v) is 11.6. The molecule has 0 N–H and O–H groups in total. The Bertz CT molecular complexity index is 806. The number of hydrogen-bond donors (Lipinski definition) is 0. The van der Waals surface area contributed by atoms with Crippen LogP contribution >= 0.6 is 11.6 Å². The zero-order chi connectivity index (χ0) is 15.2. The van der Waals surface area contributed by atoms with Crippen molar-refractivity contribution < 1.29 is 17.6 Å². The van der Waals surface area contributed by atoms with Crippen molar-refractivity contribution in [1.82, 2.24) is 4.98 Å². The number of oxazole rings is 1. The first-order valence-corrected chi connectivity index (χ1v) is 6.47. The average Bonchev–Trinajstić information content (AvgIpc) is 2.82. The van der Waals surface area contributed by atoms with E-state index in [9.17, 15) is 13.2 Å². The maximum Gasteiger partial charge on any atom is 0.416 e. The van der Waals surface area contributed by atoms with E-state index in [1.54, 1.807) is 12.1 Å². The summed E-state index contributed by atoms with van der Waals surface area (Å²) in [5.74, 6) is 0.242. The van der Waals surface area contributed by atoms with E-state index < -0.39 is 11.7 Å². The van der Waals surface area contributed by atoms with Crippen LogP contribution in [0.3, 0.4) is 0 Å². The largest absolute Gasteiger partial charge is 0.436 e. The van der Waals surface area contributed by atoms with Crippen LogP contribution in [-0.4, -0.2) is 4.98 Å². The molecular formula is C15H9ClF3NO. The maximum absolute atomic E-state index is 12.5. The molecule has 3 aromatic rings. The highest BCUT2D eigenvalue weighted by Crippen LogP contribution is 2.33. The van der Waals surface area contributed by atoms with Crippen LogP contribution in [0.4, 0.5) is 13.2 Å². The Hall–Kier alpha value is -2.01. The van der Waals surface area contributed by atoms with Crippen LogP contribution < -0.4 is 0 Å². The predicted molar refractivity (Wildman–Crippen MR) is 74.2 cm³/mol. The van der Waals surface area contributed by atoms with Crippen molar-refractivity contribution in [3.05, 3.63) is 52.5 Å². The van der Waals surface area contributed by atoms with Crippen LogP contribution in [0.1, 0.15) is 11.1 Å². The Morgan fingerprint density at radius 1 is 1.10 bits per heavy atom. The molecule has 0 aliphatic rings. The van der Waals surface area contributed by atoms with Crippen LogP contribution in [0.5, 0.6) is 0 Å². The van der Waals surface area contributed by atoms with Gasteiger partial charge in [0.15, 0.2) is 5.58 Å². The molecule has 0 bridgehead atoms. The lowest BCUT2D eigenvalue weighted by Crippen LogP contribution is -2.03. The number of benzene rings is 2. The van der Waals surface area contributed by atoms with Crippen molar-refractivity contribution in [3.63, 3.8) is 0 Å². The van der Waals surface area contributed by atoms with Gasteiger partial charge >= 0.3 is 6.18 Å². The molecule has 0 saturated carbocycles. The second-order valence-electron chi connectivity index (χ2n) is 4.69. The summed E-state index contributed by atoms with van der Waals surface area (Å²) in [4.78, 5) is 4.24. The van der Waals surface area contributed by atoms with E-state index in [1.165, 1.54) is 12.1 Å². The van der Waals surface area contributed by atoms with Crippen molar-refractivity contribution in [3.8, 4) is 11.5 Å². The molecule has 2 aromatic carbocycles. The van der Waals surface area contributed by atoms with Crippen molar-refractivity contribution in [1.29, 1.82) is 0 Å². The Morgan fingerprint density at radius 3 is 2.38 bits per heavy atom. The lowest BCUT2D eigenvalue weighted by molar-refractivity contribution is -0.137. The molecular weight excluding hydrogens is 303 g/mol. The lowest BCUT2D eigenvalue weighted by Gasteiger charge is -2.05. The summed E-state index contributed by atoms with van der Waals surface area (Å²) in [5.41, 5.74) is 1.68. The minimum Gasteiger partial charge on any atom is -0.436 e. The number of nitrogens with zero attached hydrogens (tertiary/aromatic N) is 1. The standard InChI is InChI=1S/C15H9ClF3NO/c1-8-6-11(16)13-12(7-8)21-14(20-13)9-2-4-10(5-3-9)15(17,18)19/h2-7H,1H3. The van der Waals surface area contributed by atoms with Gasteiger partial charge in [-0.2, -0.15) is 13.2 Å². The molecule has 108 valence electrons. The SMILES string of the molecule is Cc1cc(Cl)c2nc(-c3ccc(C(F)(F)F)cc3)oc2c1. The second-order valence-corrected chi connectivity index (χ2v) is 5.09. The minimum atomic E-state index is -4.36. The van der Waals surface area contributed by atoms with E-state index in [1.807, 2.05) is 6.92 Å². The lowest BCUT2D eigenvalue weighted by atomic mass is 10.1.